The lowest BCUT2D eigenvalue weighted by atomic mass is 10.2. The van der Waals surface area contributed by atoms with Gasteiger partial charge in [-0.15, -0.1) is 0 Å². The maximum atomic E-state index is 4.71. The molecule has 0 saturated heterocycles. The molecule has 0 aliphatic rings. The predicted octanol–water partition coefficient (Wildman–Crippen LogP) is 2.23. The van der Waals surface area contributed by atoms with Crippen molar-refractivity contribution in [1.29, 1.82) is 0 Å². The minimum Gasteiger partial charge on any atom is -0.0931 e. The fourth-order valence-corrected chi connectivity index (χ4v) is 0.903. The Morgan fingerprint density at radius 3 is 2.44 bits per heavy atom. The standard InChI is InChI=1S/C8H8S/c9-7-6-8-4-2-1-3-5-8/h1-5,7H,6H2. The van der Waals surface area contributed by atoms with Crippen molar-refractivity contribution in [2.75, 3.05) is 0 Å². The summed E-state index contributed by atoms with van der Waals surface area (Å²) in [7, 11) is 0. The molecule has 1 aromatic rings. The van der Waals surface area contributed by atoms with Gasteiger partial charge >= 0.3 is 0 Å². The summed E-state index contributed by atoms with van der Waals surface area (Å²) in [4.78, 5) is 0. The molecule has 0 radical (unpaired) electrons. The topological polar surface area (TPSA) is 0 Å². The van der Waals surface area contributed by atoms with E-state index in [2.05, 4.69) is 12.1 Å². The Morgan fingerprint density at radius 2 is 1.89 bits per heavy atom. The van der Waals surface area contributed by atoms with Crippen LogP contribution in [-0.4, -0.2) is 5.37 Å². The Kier molecular flexibility index (Phi) is 2.40. The Balaban J connectivity index is 2.72. The molecule has 0 spiro atoms. The van der Waals surface area contributed by atoms with Crippen LogP contribution in [-0.2, 0) is 6.42 Å². The van der Waals surface area contributed by atoms with Gasteiger partial charge in [0.2, 0.25) is 0 Å². The molecule has 0 N–H and O–H groups in total. The summed E-state index contributed by atoms with van der Waals surface area (Å²) in [6, 6.07) is 10.2. The smallest absolute Gasteiger partial charge is 0.000774 e. The minimum absolute atomic E-state index is 0.899. The molecule has 0 fully saturated rings. The third-order valence-corrected chi connectivity index (χ3v) is 1.33. The number of thiocarbonyl (C=S) groups is 1. The van der Waals surface area contributed by atoms with Gasteiger partial charge in [-0.05, 0) is 10.9 Å². The van der Waals surface area contributed by atoms with E-state index in [0.717, 1.165) is 6.42 Å². The fraction of sp³-hybridized carbons (Fsp3) is 0.125. The van der Waals surface area contributed by atoms with Crippen molar-refractivity contribution in [3.8, 4) is 0 Å². The largest absolute Gasteiger partial charge is 0.0931 e. The molecule has 0 atom stereocenters. The van der Waals surface area contributed by atoms with Crippen LogP contribution in [0, 0.1) is 0 Å². The molecule has 0 aromatic heterocycles. The summed E-state index contributed by atoms with van der Waals surface area (Å²) >= 11 is 4.71. The molecule has 0 aliphatic carbocycles. The van der Waals surface area contributed by atoms with E-state index >= 15 is 0 Å². The third kappa shape index (κ3) is 1.94. The van der Waals surface area contributed by atoms with Gasteiger partial charge in [0.15, 0.2) is 0 Å². The Hall–Kier alpha value is -0.690. The van der Waals surface area contributed by atoms with E-state index in [1.54, 1.807) is 5.37 Å². The first-order chi connectivity index (χ1) is 4.43. The van der Waals surface area contributed by atoms with Crippen molar-refractivity contribution in [3.05, 3.63) is 35.9 Å². The molecule has 0 amide bonds. The molecule has 0 aliphatic heterocycles. The quantitative estimate of drug-likeness (QED) is 0.562. The Bertz CT molecular complexity index is 179. The molecule has 1 rings (SSSR count). The molecule has 9 heavy (non-hydrogen) atoms. The molecular weight excluding hydrogens is 128 g/mol. The van der Waals surface area contributed by atoms with E-state index < -0.39 is 0 Å². The summed E-state index contributed by atoms with van der Waals surface area (Å²) in [5.41, 5.74) is 1.28. The number of hydrogen-bond donors (Lipinski definition) is 0. The summed E-state index contributed by atoms with van der Waals surface area (Å²) in [5.74, 6) is 0. The van der Waals surface area contributed by atoms with Crippen LogP contribution < -0.4 is 0 Å². The van der Waals surface area contributed by atoms with Gasteiger partial charge in [-0.25, -0.2) is 0 Å². The highest BCUT2D eigenvalue weighted by Crippen LogP contribution is 1.96. The van der Waals surface area contributed by atoms with E-state index in [1.165, 1.54) is 5.56 Å². The van der Waals surface area contributed by atoms with Crippen molar-refractivity contribution in [2.24, 2.45) is 0 Å². The van der Waals surface area contributed by atoms with Gasteiger partial charge in [0.25, 0.3) is 0 Å². The number of hydrogen-bond acceptors (Lipinski definition) is 1. The van der Waals surface area contributed by atoms with Gasteiger partial charge in [0.1, 0.15) is 0 Å². The van der Waals surface area contributed by atoms with Gasteiger partial charge in [-0.3, -0.25) is 0 Å². The number of benzene rings is 1. The van der Waals surface area contributed by atoms with E-state index in [-0.39, 0.29) is 0 Å². The van der Waals surface area contributed by atoms with E-state index in [9.17, 15) is 0 Å². The zero-order valence-corrected chi connectivity index (χ0v) is 5.90. The van der Waals surface area contributed by atoms with Crippen LogP contribution in [0.4, 0.5) is 0 Å². The van der Waals surface area contributed by atoms with E-state index in [0.29, 0.717) is 0 Å². The monoisotopic (exact) mass is 136 g/mol. The lowest BCUT2D eigenvalue weighted by molar-refractivity contribution is 1.38. The lowest BCUT2D eigenvalue weighted by Crippen LogP contribution is -1.80. The second kappa shape index (κ2) is 3.36. The molecule has 0 bridgehead atoms. The van der Waals surface area contributed by atoms with Crippen LogP contribution in [0.2, 0.25) is 0 Å². The predicted molar refractivity (Wildman–Crippen MR) is 43.8 cm³/mol. The average Bonchev–Trinajstić information content (AvgIpc) is 1.91. The normalized spacial score (nSPS) is 8.89. The zero-order valence-electron chi connectivity index (χ0n) is 5.08. The SMILES string of the molecule is S=CCc1ccccc1. The van der Waals surface area contributed by atoms with Gasteiger partial charge in [0.05, 0.1) is 0 Å². The molecule has 0 heterocycles. The van der Waals surface area contributed by atoms with Crippen molar-refractivity contribution in [2.45, 2.75) is 6.42 Å². The summed E-state index contributed by atoms with van der Waals surface area (Å²) in [6.07, 6.45) is 0.899. The van der Waals surface area contributed by atoms with E-state index in [1.807, 2.05) is 18.2 Å². The van der Waals surface area contributed by atoms with Crippen molar-refractivity contribution in [3.63, 3.8) is 0 Å². The van der Waals surface area contributed by atoms with Crippen LogP contribution in [0.3, 0.4) is 0 Å². The van der Waals surface area contributed by atoms with Gasteiger partial charge in [-0.1, -0.05) is 42.5 Å². The molecule has 1 heteroatoms. The van der Waals surface area contributed by atoms with Crippen molar-refractivity contribution in [1.82, 2.24) is 0 Å². The average molecular weight is 136 g/mol. The minimum atomic E-state index is 0.899. The van der Waals surface area contributed by atoms with Crippen molar-refractivity contribution >= 4 is 17.6 Å². The maximum absolute atomic E-state index is 4.71. The van der Waals surface area contributed by atoms with Crippen LogP contribution in [0.5, 0.6) is 0 Å². The van der Waals surface area contributed by atoms with Crippen molar-refractivity contribution < 1.29 is 0 Å². The molecular formula is C8H8S. The lowest BCUT2D eigenvalue weighted by Gasteiger charge is -1.90. The molecule has 0 unspecified atom stereocenters. The molecule has 0 saturated carbocycles. The summed E-state index contributed by atoms with van der Waals surface area (Å²) < 4.78 is 0. The van der Waals surface area contributed by atoms with E-state index in [4.69, 9.17) is 12.2 Å². The first-order valence-electron chi connectivity index (χ1n) is 2.91. The fourth-order valence-electron chi connectivity index (χ4n) is 0.710. The zero-order chi connectivity index (χ0) is 6.53. The highest BCUT2D eigenvalue weighted by molar-refractivity contribution is 7.78. The molecule has 1 aromatic carbocycles. The first kappa shape index (κ1) is 6.43. The molecule has 0 nitrogen and oxygen atoms in total. The maximum Gasteiger partial charge on any atom is 0.000774 e. The Labute approximate surface area is 60.5 Å². The first-order valence-corrected chi connectivity index (χ1v) is 3.38. The Morgan fingerprint density at radius 1 is 1.22 bits per heavy atom. The van der Waals surface area contributed by atoms with Gasteiger partial charge in [-0.2, -0.15) is 0 Å². The third-order valence-electron chi connectivity index (χ3n) is 1.16. The molecule has 46 valence electrons. The highest BCUT2D eigenvalue weighted by Gasteiger charge is 1.82. The second-order valence-corrected chi connectivity index (χ2v) is 2.19. The number of rotatable bonds is 2. The summed E-state index contributed by atoms with van der Waals surface area (Å²) in [6.45, 7) is 0. The highest BCUT2D eigenvalue weighted by atomic mass is 32.1. The van der Waals surface area contributed by atoms with Crippen LogP contribution in [0.25, 0.3) is 0 Å². The summed E-state index contributed by atoms with van der Waals surface area (Å²) in [5, 5.41) is 1.75. The van der Waals surface area contributed by atoms with Crippen LogP contribution in [0.1, 0.15) is 5.56 Å². The van der Waals surface area contributed by atoms with Crippen LogP contribution in [0.15, 0.2) is 30.3 Å². The van der Waals surface area contributed by atoms with Gasteiger partial charge < -0.3 is 0 Å². The van der Waals surface area contributed by atoms with Crippen LogP contribution >= 0.6 is 12.2 Å². The second-order valence-electron chi connectivity index (χ2n) is 1.86. The van der Waals surface area contributed by atoms with Gasteiger partial charge in [0, 0.05) is 6.42 Å².